The molecule has 5 nitrogen and oxygen atoms in total. The Hall–Kier alpha value is -2.01. The average molecular weight is 287 g/mol. The predicted molar refractivity (Wildman–Crippen MR) is 83.2 cm³/mol. The predicted octanol–water partition coefficient (Wildman–Crippen LogP) is 2.25. The van der Waals surface area contributed by atoms with E-state index < -0.39 is 0 Å². The lowest BCUT2D eigenvalue weighted by atomic mass is 10.0. The van der Waals surface area contributed by atoms with Crippen molar-refractivity contribution in [2.24, 2.45) is 5.92 Å². The van der Waals surface area contributed by atoms with Crippen molar-refractivity contribution in [1.29, 1.82) is 0 Å². The second-order valence-electron chi connectivity index (χ2n) is 5.80. The maximum atomic E-state index is 12.5. The number of nitrogens with one attached hydrogen (secondary N) is 1. The first-order valence-electron chi connectivity index (χ1n) is 7.35. The molecule has 5 heteroatoms. The maximum absolute atomic E-state index is 12.5. The molecule has 1 atom stereocenters. The molecule has 1 amide bonds. The third-order valence-corrected chi connectivity index (χ3v) is 4.01. The minimum atomic E-state index is 0.00958. The van der Waals surface area contributed by atoms with E-state index in [1.807, 2.05) is 31.3 Å². The molecule has 1 fully saturated rings. The fourth-order valence-corrected chi connectivity index (χ4v) is 2.89. The number of ether oxygens (including phenoxy) is 1. The molecule has 21 heavy (non-hydrogen) atoms. The SMILES string of the molecule is CN(CC1CCCOC1)C(=O)c1cc2cc(N)ccc2[nH]1. The van der Waals surface area contributed by atoms with Crippen LogP contribution in [0, 0.1) is 5.92 Å². The van der Waals surface area contributed by atoms with Crippen LogP contribution in [-0.2, 0) is 4.74 Å². The summed E-state index contributed by atoms with van der Waals surface area (Å²) < 4.78 is 5.47. The van der Waals surface area contributed by atoms with Gasteiger partial charge in [-0.05, 0) is 43.0 Å². The zero-order valence-electron chi connectivity index (χ0n) is 12.3. The molecule has 0 radical (unpaired) electrons. The van der Waals surface area contributed by atoms with Gasteiger partial charge in [-0.3, -0.25) is 4.79 Å². The number of fused-ring (bicyclic) bond motifs is 1. The lowest BCUT2D eigenvalue weighted by Crippen LogP contribution is -2.35. The zero-order chi connectivity index (χ0) is 14.8. The van der Waals surface area contributed by atoms with Gasteiger partial charge in [-0.15, -0.1) is 0 Å². The van der Waals surface area contributed by atoms with Crippen molar-refractivity contribution in [3.05, 3.63) is 30.0 Å². The maximum Gasteiger partial charge on any atom is 0.270 e. The third-order valence-electron chi connectivity index (χ3n) is 4.01. The van der Waals surface area contributed by atoms with Gasteiger partial charge in [0.2, 0.25) is 0 Å². The minimum Gasteiger partial charge on any atom is -0.399 e. The van der Waals surface area contributed by atoms with Gasteiger partial charge in [0, 0.05) is 36.8 Å². The minimum absolute atomic E-state index is 0.00958. The Bertz CT molecular complexity index is 644. The lowest BCUT2D eigenvalue weighted by Gasteiger charge is -2.26. The Balaban J connectivity index is 1.72. The van der Waals surface area contributed by atoms with Crippen LogP contribution in [0.2, 0.25) is 0 Å². The van der Waals surface area contributed by atoms with Gasteiger partial charge in [-0.1, -0.05) is 0 Å². The second-order valence-corrected chi connectivity index (χ2v) is 5.80. The molecule has 1 saturated heterocycles. The molecule has 0 bridgehead atoms. The number of rotatable bonds is 3. The van der Waals surface area contributed by atoms with Crippen LogP contribution in [0.4, 0.5) is 5.69 Å². The molecule has 3 N–H and O–H groups in total. The zero-order valence-corrected chi connectivity index (χ0v) is 12.3. The normalized spacial score (nSPS) is 18.8. The molecule has 1 unspecified atom stereocenters. The highest BCUT2D eigenvalue weighted by molar-refractivity contribution is 5.98. The summed E-state index contributed by atoms with van der Waals surface area (Å²) in [5.41, 5.74) is 8.01. The van der Waals surface area contributed by atoms with E-state index in [9.17, 15) is 4.79 Å². The molecule has 1 aliphatic heterocycles. The molecular weight excluding hydrogens is 266 g/mol. The third kappa shape index (κ3) is 3.03. The van der Waals surface area contributed by atoms with Gasteiger partial charge in [0.1, 0.15) is 5.69 Å². The Morgan fingerprint density at radius 3 is 3.10 bits per heavy atom. The number of H-pyrrole nitrogens is 1. The van der Waals surface area contributed by atoms with Gasteiger partial charge in [0.05, 0.1) is 6.61 Å². The summed E-state index contributed by atoms with van der Waals surface area (Å²) >= 11 is 0. The first kappa shape index (κ1) is 13.9. The summed E-state index contributed by atoms with van der Waals surface area (Å²) in [5.74, 6) is 0.447. The van der Waals surface area contributed by atoms with Crippen LogP contribution in [0.25, 0.3) is 10.9 Å². The van der Waals surface area contributed by atoms with E-state index in [0.29, 0.717) is 17.3 Å². The Morgan fingerprint density at radius 1 is 1.48 bits per heavy atom. The molecule has 2 heterocycles. The number of nitrogens with two attached hydrogens (primary N) is 1. The number of benzene rings is 1. The van der Waals surface area contributed by atoms with Crippen molar-refractivity contribution in [3.8, 4) is 0 Å². The topological polar surface area (TPSA) is 71.3 Å². The van der Waals surface area contributed by atoms with Crippen LogP contribution in [0.3, 0.4) is 0 Å². The highest BCUT2D eigenvalue weighted by Crippen LogP contribution is 2.20. The summed E-state index contributed by atoms with van der Waals surface area (Å²) in [5, 5.41) is 0.966. The molecule has 0 spiro atoms. The van der Waals surface area contributed by atoms with Crippen LogP contribution in [-0.4, -0.2) is 42.6 Å². The molecular formula is C16H21N3O2. The van der Waals surface area contributed by atoms with Gasteiger partial charge in [0.15, 0.2) is 0 Å². The highest BCUT2D eigenvalue weighted by atomic mass is 16.5. The molecule has 1 aliphatic rings. The number of amides is 1. The molecule has 2 aromatic rings. The molecule has 0 aliphatic carbocycles. The van der Waals surface area contributed by atoms with Crippen molar-refractivity contribution < 1.29 is 9.53 Å². The van der Waals surface area contributed by atoms with E-state index in [4.69, 9.17) is 10.5 Å². The van der Waals surface area contributed by atoms with Gasteiger partial charge < -0.3 is 20.4 Å². The van der Waals surface area contributed by atoms with E-state index in [2.05, 4.69) is 4.98 Å². The number of aromatic nitrogens is 1. The van der Waals surface area contributed by atoms with Gasteiger partial charge in [-0.25, -0.2) is 0 Å². The number of carbonyl (C=O) groups excluding carboxylic acids is 1. The van der Waals surface area contributed by atoms with Gasteiger partial charge in [0.25, 0.3) is 5.91 Å². The van der Waals surface area contributed by atoms with Gasteiger partial charge >= 0.3 is 0 Å². The van der Waals surface area contributed by atoms with Crippen LogP contribution in [0.5, 0.6) is 0 Å². The molecule has 1 aromatic carbocycles. The number of anilines is 1. The summed E-state index contributed by atoms with van der Waals surface area (Å²) in [7, 11) is 1.84. The van der Waals surface area contributed by atoms with E-state index in [1.165, 1.54) is 0 Å². The lowest BCUT2D eigenvalue weighted by molar-refractivity contribution is 0.0387. The van der Waals surface area contributed by atoms with Crippen molar-refractivity contribution in [2.75, 3.05) is 32.5 Å². The summed E-state index contributed by atoms with van der Waals surface area (Å²) in [6.45, 7) is 2.33. The monoisotopic (exact) mass is 287 g/mol. The second kappa shape index (κ2) is 5.77. The number of nitrogens with zero attached hydrogens (tertiary/aromatic N) is 1. The Morgan fingerprint density at radius 2 is 2.33 bits per heavy atom. The first-order chi connectivity index (χ1) is 10.1. The van der Waals surface area contributed by atoms with E-state index >= 15 is 0 Å². The summed E-state index contributed by atoms with van der Waals surface area (Å²) in [6.07, 6.45) is 2.21. The van der Waals surface area contributed by atoms with E-state index in [0.717, 1.165) is 43.5 Å². The highest BCUT2D eigenvalue weighted by Gasteiger charge is 2.20. The summed E-state index contributed by atoms with van der Waals surface area (Å²) in [6, 6.07) is 7.46. The fourth-order valence-electron chi connectivity index (χ4n) is 2.89. The molecule has 0 saturated carbocycles. The average Bonchev–Trinajstić information content (AvgIpc) is 2.90. The number of hydrogen-bond acceptors (Lipinski definition) is 3. The number of aromatic amines is 1. The Labute approximate surface area is 124 Å². The van der Waals surface area contributed by atoms with Crippen LogP contribution >= 0.6 is 0 Å². The van der Waals surface area contributed by atoms with Crippen LogP contribution in [0.1, 0.15) is 23.3 Å². The van der Waals surface area contributed by atoms with Gasteiger partial charge in [-0.2, -0.15) is 0 Å². The van der Waals surface area contributed by atoms with Crippen molar-refractivity contribution in [2.45, 2.75) is 12.8 Å². The fraction of sp³-hybridized carbons (Fsp3) is 0.438. The molecule has 3 rings (SSSR count). The number of carbonyl (C=O) groups is 1. The molecule has 112 valence electrons. The first-order valence-corrected chi connectivity index (χ1v) is 7.35. The van der Waals surface area contributed by atoms with Crippen LogP contribution < -0.4 is 5.73 Å². The number of nitrogen functional groups attached to an aromatic ring is 1. The number of hydrogen-bond donors (Lipinski definition) is 2. The summed E-state index contributed by atoms with van der Waals surface area (Å²) in [4.78, 5) is 17.4. The van der Waals surface area contributed by atoms with Crippen LogP contribution in [0.15, 0.2) is 24.3 Å². The molecule has 1 aromatic heterocycles. The smallest absolute Gasteiger partial charge is 0.270 e. The van der Waals surface area contributed by atoms with E-state index in [-0.39, 0.29) is 5.91 Å². The van der Waals surface area contributed by atoms with Crippen molar-refractivity contribution in [3.63, 3.8) is 0 Å². The largest absolute Gasteiger partial charge is 0.399 e. The quantitative estimate of drug-likeness (QED) is 0.851. The Kier molecular flexibility index (Phi) is 3.84. The standard InChI is InChI=1S/C16H21N3O2/c1-19(9-11-3-2-6-21-10-11)16(20)15-8-12-7-13(17)4-5-14(12)18-15/h4-5,7-8,11,18H,2-3,6,9-10,17H2,1H3. The van der Waals surface area contributed by atoms with Crippen molar-refractivity contribution >= 4 is 22.5 Å². The van der Waals surface area contributed by atoms with Crippen molar-refractivity contribution in [1.82, 2.24) is 9.88 Å². The van der Waals surface area contributed by atoms with E-state index in [1.54, 1.807) is 4.90 Å².